The Balaban J connectivity index is 1.33. The molecule has 4 aromatic rings. The molecule has 1 aliphatic rings. The molecule has 34 heavy (non-hydrogen) atoms. The SMILES string of the molecule is O=C(c1ccc(Cc2ccccc2)cc1)N(CCCN1CCOCC1)c1nc2ccccc2s1. The van der Waals surface area contributed by atoms with Crippen molar-refractivity contribution in [2.24, 2.45) is 0 Å². The molecule has 6 heteroatoms. The van der Waals surface area contributed by atoms with Crippen molar-refractivity contribution in [3.8, 4) is 0 Å². The van der Waals surface area contributed by atoms with Crippen LogP contribution in [0.1, 0.15) is 27.9 Å². The van der Waals surface area contributed by atoms with Gasteiger partial charge in [-0.2, -0.15) is 0 Å². The minimum absolute atomic E-state index is 0.00675. The fraction of sp³-hybridized carbons (Fsp3) is 0.286. The van der Waals surface area contributed by atoms with Gasteiger partial charge in [0, 0.05) is 31.7 Å². The molecule has 0 radical (unpaired) electrons. The number of hydrogen-bond acceptors (Lipinski definition) is 5. The number of morpholine rings is 1. The summed E-state index contributed by atoms with van der Waals surface area (Å²) in [6.07, 6.45) is 1.75. The standard InChI is InChI=1S/C28H29N3O2S/c32-27(24-13-11-23(12-14-24)21-22-7-2-1-3-8-22)31(16-6-15-30-17-19-33-20-18-30)28-29-25-9-4-5-10-26(25)34-28/h1-5,7-14H,6,15-21H2. The fourth-order valence-corrected chi connectivity index (χ4v) is 5.28. The molecule has 0 unspecified atom stereocenters. The van der Waals surface area contributed by atoms with E-state index in [9.17, 15) is 4.79 Å². The van der Waals surface area contributed by atoms with E-state index in [-0.39, 0.29) is 5.91 Å². The summed E-state index contributed by atoms with van der Waals surface area (Å²) in [5.74, 6) is 0.00675. The Morgan fingerprint density at radius 3 is 2.38 bits per heavy atom. The summed E-state index contributed by atoms with van der Waals surface area (Å²) in [5.41, 5.74) is 4.09. The number of carbonyl (C=O) groups is 1. The minimum Gasteiger partial charge on any atom is -0.379 e. The predicted molar refractivity (Wildman–Crippen MR) is 139 cm³/mol. The summed E-state index contributed by atoms with van der Waals surface area (Å²) in [7, 11) is 0. The number of aromatic nitrogens is 1. The lowest BCUT2D eigenvalue weighted by Gasteiger charge is -2.27. The molecule has 1 aliphatic heterocycles. The third-order valence-electron chi connectivity index (χ3n) is 6.17. The number of ether oxygens (including phenoxy) is 1. The van der Waals surface area contributed by atoms with Crippen LogP contribution in [0.15, 0.2) is 78.9 Å². The van der Waals surface area contributed by atoms with Crippen molar-refractivity contribution in [2.75, 3.05) is 44.3 Å². The van der Waals surface area contributed by atoms with E-state index in [0.29, 0.717) is 12.1 Å². The number of nitrogens with zero attached hydrogens (tertiary/aromatic N) is 3. The van der Waals surface area contributed by atoms with Crippen LogP contribution in [0.5, 0.6) is 0 Å². The second kappa shape index (κ2) is 10.9. The fourth-order valence-electron chi connectivity index (χ4n) is 4.29. The lowest BCUT2D eigenvalue weighted by Crippen LogP contribution is -2.39. The summed E-state index contributed by atoms with van der Waals surface area (Å²) in [6, 6.07) is 26.5. The van der Waals surface area contributed by atoms with Crippen molar-refractivity contribution in [1.29, 1.82) is 0 Å². The molecular formula is C28H29N3O2S. The summed E-state index contributed by atoms with van der Waals surface area (Å²) < 4.78 is 6.56. The molecule has 0 saturated carbocycles. The number of fused-ring (bicyclic) bond motifs is 1. The van der Waals surface area contributed by atoms with E-state index in [1.54, 1.807) is 11.3 Å². The zero-order valence-electron chi connectivity index (χ0n) is 19.2. The third kappa shape index (κ3) is 5.53. The molecule has 174 valence electrons. The van der Waals surface area contributed by atoms with E-state index in [4.69, 9.17) is 9.72 Å². The molecule has 0 N–H and O–H groups in total. The number of anilines is 1. The highest BCUT2D eigenvalue weighted by atomic mass is 32.1. The van der Waals surface area contributed by atoms with Gasteiger partial charge < -0.3 is 4.74 Å². The number of amides is 1. The molecule has 3 aromatic carbocycles. The van der Waals surface area contributed by atoms with Crippen LogP contribution in [0.25, 0.3) is 10.2 Å². The van der Waals surface area contributed by atoms with Crippen molar-refractivity contribution >= 4 is 32.6 Å². The zero-order valence-corrected chi connectivity index (χ0v) is 20.0. The second-order valence-corrected chi connectivity index (χ2v) is 9.60. The first-order valence-electron chi connectivity index (χ1n) is 11.9. The number of rotatable bonds is 8. The van der Waals surface area contributed by atoms with Crippen molar-refractivity contribution < 1.29 is 9.53 Å². The maximum atomic E-state index is 13.6. The predicted octanol–water partition coefficient (Wildman–Crippen LogP) is 5.26. The number of para-hydroxylation sites is 1. The number of thiazole rings is 1. The summed E-state index contributed by atoms with van der Waals surface area (Å²) >= 11 is 1.58. The molecule has 1 amide bonds. The Kier molecular flexibility index (Phi) is 7.29. The van der Waals surface area contributed by atoms with Crippen molar-refractivity contribution in [3.63, 3.8) is 0 Å². The van der Waals surface area contributed by atoms with Crippen LogP contribution >= 0.6 is 11.3 Å². The summed E-state index contributed by atoms with van der Waals surface area (Å²) in [4.78, 5) is 22.7. The average Bonchev–Trinajstić information content (AvgIpc) is 3.32. The topological polar surface area (TPSA) is 45.7 Å². The van der Waals surface area contributed by atoms with Gasteiger partial charge in [-0.1, -0.05) is 65.9 Å². The van der Waals surface area contributed by atoms with Crippen LogP contribution in [0.4, 0.5) is 5.13 Å². The molecule has 2 heterocycles. The minimum atomic E-state index is 0.00675. The molecule has 0 atom stereocenters. The first-order chi connectivity index (χ1) is 16.8. The number of carbonyl (C=O) groups excluding carboxylic acids is 1. The Morgan fingerprint density at radius 2 is 1.62 bits per heavy atom. The Bertz CT molecular complexity index is 1180. The molecule has 5 rings (SSSR count). The van der Waals surface area contributed by atoms with Crippen LogP contribution in [-0.2, 0) is 11.2 Å². The first-order valence-corrected chi connectivity index (χ1v) is 12.7. The van der Waals surface area contributed by atoms with Gasteiger partial charge in [0.25, 0.3) is 5.91 Å². The van der Waals surface area contributed by atoms with Crippen LogP contribution in [-0.4, -0.2) is 55.2 Å². The quantitative estimate of drug-likeness (QED) is 0.352. The molecule has 1 aromatic heterocycles. The van der Waals surface area contributed by atoms with Crippen LogP contribution in [0.3, 0.4) is 0 Å². The van der Waals surface area contributed by atoms with Crippen molar-refractivity contribution in [1.82, 2.24) is 9.88 Å². The zero-order chi connectivity index (χ0) is 23.2. The van der Waals surface area contributed by atoms with Gasteiger partial charge in [-0.3, -0.25) is 14.6 Å². The highest BCUT2D eigenvalue weighted by molar-refractivity contribution is 7.22. The highest BCUT2D eigenvalue weighted by Crippen LogP contribution is 2.30. The normalized spacial score (nSPS) is 14.4. The van der Waals surface area contributed by atoms with Gasteiger partial charge in [0.2, 0.25) is 0 Å². The second-order valence-electron chi connectivity index (χ2n) is 8.59. The maximum Gasteiger partial charge on any atom is 0.260 e. The third-order valence-corrected chi connectivity index (χ3v) is 7.23. The van der Waals surface area contributed by atoms with Gasteiger partial charge in [0.15, 0.2) is 5.13 Å². The van der Waals surface area contributed by atoms with E-state index in [1.807, 2.05) is 41.3 Å². The number of benzene rings is 3. The molecule has 1 saturated heterocycles. The molecule has 0 bridgehead atoms. The maximum absolute atomic E-state index is 13.6. The Labute approximate surface area is 204 Å². The lowest BCUT2D eigenvalue weighted by molar-refractivity contribution is 0.0376. The van der Waals surface area contributed by atoms with Crippen molar-refractivity contribution in [3.05, 3.63) is 95.6 Å². The molecule has 5 nitrogen and oxygen atoms in total. The highest BCUT2D eigenvalue weighted by Gasteiger charge is 2.22. The first kappa shape index (κ1) is 22.7. The molecular weight excluding hydrogens is 442 g/mol. The molecule has 0 aliphatic carbocycles. The average molecular weight is 472 g/mol. The van der Waals surface area contributed by atoms with Gasteiger partial charge in [-0.15, -0.1) is 0 Å². The van der Waals surface area contributed by atoms with Gasteiger partial charge in [0.05, 0.1) is 23.4 Å². The Hall–Kier alpha value is -3.06. The lowest BCUT2D eigenvalue weighted by atomic mass is 10.0. The molecule has 0 spiro atoms. The van der Waals surface area contributed by atoms with Gasteiger partial charge >= 0.3 is 0 Å². The van der Waals surface area contributed by atoms with E-state index < -0.39 is 0 Å². The van der Waals surface area contributed by atoms with Gasteiger partial charge in [-0.05, 0) is 48.2 Å². The van der Waals surface area contributed by atoms with Gasteiger partial charge in [-0.25, -0.2) is 4.98 Å². The summed E-state index contributed by atoms with van der Waals surface area (Å²) in [6.45, 7) is 5.08. The van der Waals surface area contributed by atoms with Crippen LogP contribution in [0.2, 0.25) is 0 Å². The smallest absolute Gasteiger partial charge is 0.260 e. The van der Waals surface area contributed by atoms with E-state index in [0.717, 1.165) is 61.0 Å². The summed E-state index contributed by atoms with van der Waals surface area (Å²) in [5, 5.41) is 0.765. The monoisotopic (exact) mass is 471 g/mol. The van der Waals surface area contributed by atoms with Crippen LogP contribution < -0.4 is 4.90 Å². The number of hydrogen-bond donors (Lipinski definition) is 0. The molecule has 1 fully saturated rings. The Morgan fingerprint density at radius 1 is 0.912 bits per heavy atom. The van der Waals surface area contributed by atoms with Gasteiger partial charge in [0.1, 0.15) is 0 Å². The largest absolute Gasteiger partial charge is 0.379 e. The van der Waals surface area contributed by atoms with E-state index in [1.165, 1.54) is 11.1 Å². The van der Waals surface area contributed by atoms with E-state index >= 15 is 0 Å². The van der Waals surface area contributed by atoms with Crippen LogP contribution in [0, 0.1) is 0 Å². The van der Waals surface area contributed by atoms with Crippen molar-refractivity contribution in [2.45, 2.75) is 12.8 Å². The van der Waals surface area contributed by atoms with E-state index in [2.05, 4.69) is 47.4 Å².